The molecule has 92 valence electrons. The van der Waals surface area contributed by atoms with Crippen molar-refractivity contribution in [3.63, 3.8) is 0 Å². The fourth-order valence-corrected chi connectivity index (χ4v) is 3.00. The molecule has 0 saturated carbocycles. The summed E-state index contributed by atoms with van der Waals surface area (Å²) in [5, 5.41) is 0. The predicted octanol–water partition coefficient (Wildman–Crippen LogP) is 2.81. The number of aromatic nitrogens is 1. The predicted molar refractivity (Wildman–Crippen MR) is 73.2 cm³/mol. The maximum absolute atomic E-state index is 6.68. The molecular formula is C16H18N2. The molecule has 2 heteroatoms. The Hall–Kier alpha value is -1.67. The topological polar surface area (TPSA) is 38.9 Å². The van der Waals surface area contributed by atoms with Crippen molar-refractivity contribution in [1.82, 2.24) is 4.98 Å². The first-order chi connectivity index (χ1) is 8.78. The highest BCUT2D eigenvalue weighted by atomic mass is 14.7. The van der Waals surface area contributed by atoms with Gasteiger partial charge in [-0.1, -0.05) is 24.3 Å². The highest BCUT2D eigenvalue weighted by Gasteiger charge is 2.32. The first-order valence-corrected chi connectivity index (χ1v) is 6.54. The molecule has 1 aromatic heterocycles. The van der Waals surface area contributed by atoms with Crippen molar-refractivity contribution < 1.29 is 0 Å². The first kappa shape index (κ1) is 11.4. The van der Waals surface area contributed by atoms with E-state index in [4.69, 9.17) is 5.73 Å². The molecule has 0 radical (unpaired) electrons. The maximum Gasteiger partial charge on any atom is 0.0453 e. The molecule has 0 aliphatic heterocycles. The lowest BCUT2D eigenvalue weighted by atomic mass is 9.74. The molecule has 2 N–H and O–H groups in total. The van der Waals surface area contributed by atoms with Gasteiger partial charge >= 0.3 is 0 Å². The van der Waals surface area contributed by atoms with Crippen LogP contribution in [0.25, 0.3) is 0 Å². The molecule has 1 aromatic carbocycles. The van der Waals surface area contributed by atoms with E-state index in [1.54, 1.807) is 0 Å². The fourth-order valence-electron chi connectivity index (χ4n) is 3.00. The number of hydrogen-bond donors (Lipinski definition) is 1. The molecule has 0 saturated heterocycles. The summed E-state index contributed by atoms with van der Waals surface area (Å²) in [5.41, 5.74) is 10.5. The monoisotopic (exact) mass is 238 g/mol. The Kier molecular flexibility index (Phi) is 2.88. The molecule has 1 atom stereocenters. The summed E-state index contributed by atoms with van der Waals surface area (Å²) >= 11 is 0. The summed E-state index contributed by atoms with van der Waals surface area (Å²) in [4.78, 5) is 4.06. The molecular weight excluding hydrogens is 220 g/mol. The maximum atomic E-state index is 6.68. The summed E-state index contributed by atoms with van der Waals surface area (Å²) in [7, 11) is 0. The van der Waals surface area contributed by atoms with Crippen LogP contribution in [0.1, 0.15) is 29.5 Å². The zero-order chi connectivity index (χ0) is 12.4. The van der Waals surface area contributed by atoms with E-state index in [-0.39, 0.29) is 5.54 Å². The van der Waals surface area contributed by atoms with Crippen LogP contribution < -0.4 is 5.73 Å². The van der Waals surface area contributed by atoms with Crippen LogP contribution >= 0.6 is 0 Å². The van der Waals surface area contributed by atoms with Crippen LogP contribution in [-0.4, -0.2) is 4.98 Å². The molecule has 1 aliphatic carbocycles. The van der Waals surface area contributed by atoms with Crippen molar-refractivity contribution in [3.8, 4) is 0 Å². The van der Waals surface area contributed by atoms with Crippen LogP contribution in [0.5, 0.6) is 0 Å². The molecule has 0 spiro atoms. The van der Waals surface area contributed by atoms with Crippen LogP contribution in [0.15, 0.2) is 48.8 Å². The van der Waals surface area contributed by atoms with Gasteiger partial charge < -0.3 is 5.73 Å². The van der Waals surface area contributed by atoms with Gasteiger partial charge in [0.2, 0.25) is 0 Å². The van der Waals surface area contributed by atoms with E-state index in [1.165, 1.54) is 23.1 Å². The number of hydrogen-bond acceptors (Lipinski definition) is 2. The lowest BCUT2D eigenvalue weighted by Crippen LogP contribution is -2.42. The Morgan fingerprint density at radius 2 is 1.89 bits per heavy atom. The van der Waals surface area contributed by atoms with E-state index in [2.05, 4.69) is 41.4 Å². The molecule has 3 rings (SSSR count). The highest BCUT2D eigenvalue weighted by molar-refractivity contribution is 5.37. The second-order valence-corrected chi connectivity index (χ2v) is 5.20. The summed E-state index contributed by atoms with van der Waals surface area (Å²) in [6, 6.07) is 12.7. The number of nitrogens with two attached hydrogens (primary N) is 1. The van der Waals surface area contributed by atoms with Gasteiger partial charge in [-0.15, -0.1) is 0 Å². The minimum atomic E-state index is -0.212. The van der Waals surface area contributed by atoms with Crippen LogP contribution in [0.3, 0.4) is 0 Å². The van der Waals surface area contributed by atoms with Gasteiger partial charge in [0.1, 0.15) is 0 Å². The smallest absolute Gasteiger partial charge is 0.0453 e. The van der Waals surface area contributed by atoms with Crippen molar-refractivity contribution in [2.24, 2.45) is 5.73 Å². The van der Waals surface area contributed by atoms with E-state index in [9.17, 15) is 0 Å². The Bertz CT molecular complexity index is 536. The summed E-state index contributed by atoms with van der Waals surface area (Å²) in [6.45, 7) is 0. The Morgan fingerprint density at radius 1 is 1.11 bits per heavy atom. The Labute approximate surface area is 108 Å². The summed E-state index contributed by atoms with van der Waals surface area (Å²) in [5.74, 6) is 0. The average molecular weight is 238 g/mol. The number of nitrogens with zero attached hydrogens (tertiary/aromatic N) is 1. The lowest BCUT2D eigenvalue weighted by molar-refractivity contribution is 0.369. The first-order valence-electron chi connectivity index (χ1n) is 6.54. The van der Waals surface area contributed by atoms with Gasteiger partial charge in [-0.05, 0) is 54.5 Å². The number of pyridine rings is 1. The number of benzene rings is 1. The lowest BCUT2D eigenvalue weighted by Gasteiger charge is -2.36. The number of fused-ring (bicyclic) bond motifs is 1. The zero-order valence-electron chi connectivity index (χ0n) is 10.5. The van der Waals surface area contributed by atoms with Crippen molar-refractivity contribution in [3.05, 3.63) is 65.5 Å². The van der Waals surface area contributed by atoms with Crippen molar-refractivity contribution in [2.45, 2.75) is 31.2 Å². The van der Waals surface area contributed by atoms with E-state index in [0.29, 0.717) is 0 Å². The molecule has 18 heavy (non-hydrogen) atoms. The van der Waals surface area contributed by atoms with Gasteiger partial charge in [0.15, 0.2) is 0 Å². The quantitative estimate of drug-likeness (QED) is 0.873. The third-order valence-electron chi connectivity index (χ3n) is 3.89. The number of aryl methyl sites for hydroxylation is 1. The Morgan fingerprint density at radius 3 is 2.72 bits per heavy atom. The molecule has 1 aliphatic rings. The largest absolute Gasteiger partial charge is 0.321 e. The van der Waals surface area contributed by atoms with Gasteiger partial charge in [0.05, 0.1) is 0 Å². The van der Waals surface area contributed by atoms with Crippen LogP contribution in [-0.2, 0) is 18.4 Å². The van der Waals surface area contributed by atoms with E-state index >= 15 is 0 Å². The minimum Gasteiger partial charge on any atom is -0.321 e. The third kappa shape index (κ3) is 2.04. The van der Waals surface area contributed by atoms with Gasteiger partial charge in [-0.25, -0.2) is 0 Å². The van der Waals surface area contributed by atoms with Gasteiger partial charge in [-0.2, -0.15) is 0 Å². The average Bonchev–Trinajstić information content (AvgIpc) is 2.40. The van der Waals surface area contributed by atoms with Crippen molar-refractivity contribution in [1.29, 1.82) is 0 Å². The van der Waals surface area contributed by atoms with E-state index in [1.807, 2.05) is 12.4 Å². The van der Waals surface area contributed by atoms with Crippen LogP contribution in [0.2, 0.25) is 0 Å². The summed E-state index contributed by atoms with van der Waals surface area (Å²) in [6.07, 6.45) is 7.98. The molecule has 1 heterocycles. The van der Waals surface area contributed by atoms with Crippen LogP contribution in [0, 0.1) is 0 Å². The van der Waals surface area contributed by atoms with Gasteiger partial charge in [0.25, 0.3) is 0 Å². The third-order valence-corrected chi connectivity index (χ3v) is 3.89. The molecule has 2 nitrogen and oxygen atoms in total. The molecule has 0 fully saturated rings. The SMILES string of the molecule is NC1(Cc2ccncc2)CCCc2ccccc21. The number of rotatable bonds is 2. The second kappa shape index (κ2) is 4.54. The normalized spacial score (nSPS) is 22.5. The summed E-state index contributed by atoms with van der Waals surface area (Å²) < 4.78 is 0. The highest BCUT2D eigenvalue weighted by Crippen LogP contribution is 2.35. The minimum absolute atomic E-state index is 0.212. The molecule has 0 amide bonds. The van der Waals surface area contributed by atoms with Crippen LogP contribution in [0.4, 0.5) is 0 Å². The molecule has 1 unspecified atom stereocenters. The van der Waals surface area contributed by atoms with Gasteiger partial charge in [-0.3, -0.25) is 4.98 Å². The van der Waals surface area contributed by atoms with E-state index in [0.717, 1.165) is 19.3 Å². The van der Waals surface area contributed by atoms with Crippen molar-refractivity contribution >= 4 is 0 Å². The van der Waals surface area contributed by atoms with Crippen molar-refractivity contribution in [2.75, 3.05) is 0 Å². The standard InChI is InChI=1S/C16H18N2/c17-16(12-13-7-10-18-11-8-13)9-3-5-14-4-1-2-6-15(14)16/h1-2,4,6-8,10-11H,3,5,9,12,17H2. The van der Waals surface area contributed by atoms with Gasteiger partial charge in [0, 0.05) is 17.9 Å². The molecule has 0 bridgehead atoms. The van der Waals surface area contributed by atoms with E-state index < -0.39 is 0 Å². The Balaban J connectivity index is 1.96. The fraction of sp³-hybridized carbons (Fsp3) is 0.312. The second-order valence-electron chi connectivity index (χ2n) is 5.20. The molecule has 2 aromatic rings. The zero-order valence-corrected chi connectivity index (χ0v) is 10.5.